The van der Waals surface area contributed by atoms with Gasteiger partial charge in [-0.3, -0.25) is 20.4 Å². The number of hydrazine groups is 1. The molecule has 1 aliphatic rings. The molecule has 1 aromatic carbocycles. The number of halogens is 1. The Morgan fingerprint density at radius 2 is 1.86 bits per heavy atom. The number of piperidine rings is 1. The van der Waals surface area contributed by atoms with Crippen LogP contribution in [0, 0.1) is 5.92 Å². The van der Waals surface area contributed by atoms with E-state index in [0.29, 0.717) is 30.0 Å². The number of urea groups is 1. The summed E-state index contributed by atoms with van der Waals surface area (Å²) in [5, 5.41) is 0.523. The van der Waals surface area contributed by atoms with E-state index in [1.54, 1.807) is 24.3 Å². The van der Waals surface area contributed by atoms with Crippen LogP contribution >= 0.6 is 11.6 Å². The Morgan fingerprint density at radius 3 is 2.50 bits per heavy atom. The first kappa shape index (κ1) is 16.1. The lowest BCUT2D eigenvalue weighted by molar-refractivity contribution is -0.127. The van der Waals surface area contributed by atoms with Gasteiger partial charge in [0.1, 0.15) is 0 Å². The van der Waals surface area contributed by atoms with Gasteiger partial charge in [-0.25, -0.2) is 4.79 Å². The second-order valence-corrected chi connectivity index (χ2v) is 5.51. The van der Waals surface area contributed by atoms with Gasteiger partial charge in [-0.15, -0.1) is 0 Å². The van der Waals surface area contributed by atoms with Gasteiger partial charge in [0.15, 0.2) is 0 Å². The van der Waals surface area contributed by atoms with Crippen LogP contribution in [0.4, 0.5) is 4.79 Å². The molecule has 1 atom stereocenters. The number of rotatable bonds is 2. The minimum atomic E-state index is -0.539. The number of amides is 4. The fourth-order valence-corrected chi connectivity index (χ4v) is 2.41. The van der Waals surface area contributed by atoms with Crippen molar-refractivity contribution < 1.29 is 14.4 Å². The molecule has 1 heterocycles. The molecule has 1 aromatic rings. The summed E-state index contributed by atoms with van der Waals surface area (Å²) >= 11 is 5.74. The fourth-order valence-electron chi connectivity index (χ4n) is 2.29. The van der Waals surface area contributed by atoms with Gasteiger partial charge in [0, 0.05) is 23.7 Å². The van der Waals surface area contributed by atoms with Crippen molar-refractivity contribution in [1.29, 1.82) is 0 Å². The number of hydrogen-bond donors (Lipinski definition) is 3. The van der Waals surface area contributed by atoms with Crippen molar-refractivity contribution in [3.63, 3.8) is 0 Å². The third-order valence-electron chi connectivity index (χ3n) is 3.51. The average Bonchev–Trinajstić information content (AvgIpc) is 2.53. The standard InChI is InChI=1S/C14H17ClN4O3/c15-11-5-3-9(4-6-11)12(20)17-18-13(21)10-2-1-7-19(8-10)14(16)22/h3-6,10H,1-2,7-8H2,(H2,16,22)(H,17,20)(H,18,21)/t10-/m1/s1. The van der Waals surface area contributed by atoms with E-state index < -0.39 is 11.9 Å². The number of likely N-dealkylation sites (tertiary alicyclic amines) is 1. The lowest BCUT2D eigenvalue weighted by Gasteiger charge is -2.30. The van der Waals surface area contributed by atoms with E-state index in [9.17, 15) is 14.4 Å². The van der Waals surface area contributed by atoms with Crippen molar-refractivity contribution in [3.8, 4) is 0 Å². The van der Waals surface area contributed by atoms with Crippen molar-refractivity contribution >= 4 is 29.4 Å². The van der Waals surface area contributed by atoms with Gasteiger partial charge >= 0.3 is 6.03 Å². The van der Waals surface area contributed by atoms with Gasteiger partial charge in [0.2, 0.25) is 5.91 Å². The molecule has 118 valence electrons. The summed E-state index contributed by atoms with van der Waals surface area (Å²) in [7, 11) is 0. The lowest BCUT2D eigenvalue weighted by atomic mass is 9.98. The van der Waals surface area contributed by atoms with Gasteiger partial charge in [-0.05, 0) is 37.1 Å². The average molecular weight is 325 g/mol. The fraction of sp³-hybridized carbons (Fsp3) is 0.357. The molecule has 0 bridgehead atoms. The van der Waals surface area contributed by atoms with Crippen LogP contribution < -0.4 is 16.6 Å². The van der Waals surface area contributed by atoms with Crippen molar-refractivity contribution in [2.24, 2.45) is 11.7 Å². The minimum absolute atomic E-state index is 0.262. The molecule has 0 radical (unpaired) electrons. The van der Waals surface area contributed by atoms with Crippen molar-refractivity contribution in [2.45, 2.75) is 12.8 Å². The highest BCUT2D eigenvalue weighted by atomic mass is 35.5. The van der Waals surface area contributed by atoms with Crippen molar-refractivity contribution in [2.75, 3.05) is 13.1 Å². The second kappa shape index (κ2) is 7.13. The van der Waals surface area contributed by atoms with E-state index in [1.165, 1.54) is 4.90 Å². The van der Waals surface area contributed by atoms with E-state index in [1.807, 2.05) is 0 Å². The highest BCUT2D eigenvalue weighted by molar-refractivity contribution is 6.30. The predicted octanol–water partition coefficient (Wildman–Crippen LogP) is 0.892. The number of primary amides is 1. The highest BCUT2D eigenvalue weighted by Gasteiger charge is 2.27. The largest absolute Gasteiger partial charge is 0.351 e. The molecule has 0 spiro atoms. The van der Waals surface area contributed by atoms with Crippen LogP contribution in [-0.4, -0.2) is 35.8 Å². The molecule has 1 aliphatic heterocycles. The van der Waals surface area contributed by atoms with Crippen molar-refractivity contribution in [3.05, 3.63) is 34.9 Å². The van der Waals surface area contributed by atoms with Gasteiger partial charge in [-0.2, -0.15) is 0 Å². The number of nitrogens with one attached hydrogen (secondary N) is 2. The summed E-state index contributed by atoms with van der Waals surface area (Å²) in [6, 6.07) is 5.75. The zero-order valence-corrected chi connectivity index (χ0v) is 12.6. The summed E-state index contributed by atoms with van der Waals surface area (Å²) in [6.07, 6.45) is 1.35. The Kier molecular flexibility index (Phi) is 5.21. The molecular weight excluding hydrogens is 308 g/mol. The summed E-state index contributed by atoms with van der Waals surface area (Å²) in [4.78, 5) is 36.5. The first-order valence-electron chi connectivity index (χ1n) is 6.87. The SMILES string of the molecule is NC(=O)N1CCC[C@@H](C(=O)NNC(=O)c2ccc(Cl)cc2)C1. The maximum absolute atomic E-state index is 12.0. The monoisotopic (exact) mass is 324 g/mol. The predicted molar refractivity (Wildman–Crippen MR) is 80.9 cm³/mol. The summed E-state index contributed by atoms with van der Waals surface area (Å²) in [5.74, 6) is -1.16. The molecule has 1 fully saturated rings. The summed E-state index contributed by atoms with van der Waals surface area (Å²) in [6.45, 7) is 0.814. The Bertz CT molecular complexity index is 576. The number of hydrogen-bond acceptors (Lipinski definition) is 3. The van der Waals surface area contributed by atoms with Crippen LogP contribution in [0.1, 0.15) is 23.2 Å². The quantitative estimate of drug-likeness (QED) is 0.704. The first-order valence-corrected chi connectivity index (χ1v) is 7.25. The minimum Gasteiger partial charge on any atom is -0.351 e. The highest BCUT2D eigenvalue weighted by Crippen LogP contribution is 2.16. The smallest absolute Gasteiger partial charge is 0.314 e. The van der Waals surface area contributed by atoms with Crippen LogP contribution in [0.25, 0.3) is 0 Å². The van der Waals surface area contributed by atoms with Crippen LogP contribution in [0.15, 0.2) is 24.3 Å². The van der Waals surface area contributed by atoms with E-state index in [2.05, 4.69) is 10.9 Å². The zero-order chi connectivity index (χ0) is 16.1. The number of nitrogens with two attached hydrogens (primary N) is 1. The Hall–Kier alpha value is -2.28. The Morgan fingerprint density at radius 1 is 1.18 bits per heavy atom. The molecule has 0 unspecified atom stereocenters. The van der Waals surface area contributed by atoms with Gasteiger partial charge in [-0.1, -0.05) is 11.6 Å². The lowest BCUT2D eigenvalue weighted by Crippen LogP contribution is -2.50. The van der Waals surface area contributed by atoms with Crippen LogP contribution in [0.5, 0.6) is 0 Å². The van der Waals surface area contributed by atoms with E-state index in [0.717, 1.165) is 0 Å². The zero-order valence-electron chi connectivity index (χ0n) is 11.8. The van der Waals surface area contributed by atoms with Gasteiger partial charge in [0.25, 0.3) is 5.91 Å². The molecule has 1 saturated heterocycles. The molecule has 22 heavy (non-hydrogen) atoms. The molecule has 0 aromatic heterocycles. The third kappa shape index (κ3) is 4.11. The number of carbonyl (C=O) groups is 3. The Labute approximate surface area is 132 Å². The molecule has 4 N–H and O–H groups in total. The molecular formula is C14H17ClN4O3. The van der Waals surface area contributed by atoms with Gasteiger partial charge < -0.3 is 10.6 Å². The molecule has 7 nitrogen and oxygen atoms in total. The van der Waals surface area contributed by atoms with E-state index in [4.69, 9.17) is 17.3 Å². The molecule has 8 heteroatoms. The van der Waals surface area contributed by atoms with Gasteiger partial charge in [0.05, 0.1) is 5.92 Å². The topological polar surface area (TPSA) is 105 Å². The normalized spacial score (nSPS) is 17.7. The number of nitrogens with zero attached hydrogens (tertiary/aromatic N) is 1. The van der Waals surface area contributed by atoms with Crippen molar-refractivity contribution in [1.82, 2.24) is 15.8 Å². The molecule has 0 saturated carbocycles. The maximum Gasteiger partial charge on any atom is 0.314 e. The van der Waals surface area contributed by atoms with Crippen LogP contribution in [0.3, 0.4) is 0 Å². The molecule has 2 rings (SSSR count). The third-order valence-corrected chi connectivity index (χ3v) is 3.76. The van der Waals surface area contributed by atoms with E-state index >= 15 is 0 Å². The Balaban J connectivity index is 1.85. The summed E-state index contributed by atoms with van der Waals surface area (Å²) < 4.78 is 0. The number of benzene rings is 1. The molecule has 4 amide bonds. The number of carbonyl (C=O) groups excluding carboxylic acids is 3. The second-order valence-electron chi connectivity index (χ2n) is 5.07. The first-order chi connectivity index (χ1) is 10.5. The maximum atomic E-state index is 12.0. The molecule has 0 aliphatic carbocycles. The van der Waals surface area contributed by atoms with Crippen LogP contribution in [-0.2, 0) is 4.79 Å². The summed E-state index contributed by atoms with van der Waals surface area (Å²) in [5.41, 5.74) is 10.3. The van der Waals surface area contributed by atoms with E-state index in [-0.39, 0.29) is 18.4 Å². The van der Waals surface area contributed by atoms with Crippen LogP contribution in [0.2, 0.25) is 5.02 Å².